The van der Waals surface area contributed by atoms with Crippen molar-refractivity contribution in [2.24, 2.45) is 5.92 Å². The number of nitrogens with zero attached hydrogens (tertiary/aromatic N) is 5. The van der Waals surface area contributed by atoms with E-state index in [0.29, 0.717) is 36.7 Å². The third kappa shape index (κ3) is 3.21. The van der Waals surface area contributed by atoms with Crippen LogP contribution in [0.3, 0.4) is 0 Å². The van der Waals surface area contributed by atoms with Gasteiger partial charge >= 0.3 is 0 Å². The number of aromatic nitrogens is 4. The Morgan fingerprint density at radius 1 is 1.37 bits per heavy atom. The largest absolute Gasteiger partial charge is 0.349 e. The number of aryl methyl sites for hydroxylation is 1. The molecule has 2 aliphatic rings. The molecule has 1 saturated heterocycles. The molecule has 1 amide bonds. The number of hydrogen-bond acceptors (Lipinski definition) is 8. The molecule has 11 heteroatoms. The lowest BCUT2D eigenvalue weighted by molar-refractivity contribution is 0.0934. The lowest BCUT2D eigenvalue weighted by atomic mass is 9.80. The standard InChI is InChI=1S/C16H20N6O4S/c1-10-19-15(26-21-10)16-4-13(20-14(23)11-5-17-9-18-6-11)3-12(16)7-22(8-16)27(2,24)25/h5-6,9,12-13H,3-4,7-8H2,1-2H3,(H,20,23)/t12?,13-,16+/m1/s1. The molecule has 0 spiro atoms. The zero-order valence-corrected chi connectivity index (χ0v) is 15.8. The van der Waals surface area contributed by atoms with Crippen molar-refractivity contribution >= 4 is 15.9 Å². The van der Waals surface area contributed by atoms with E-state index in [1.54, 1.807) is 6.92 Å². The fourth-order valence-electron chi connectivity index (χ4n) is 4.20. The van der Waals surface area contributed by atoms with Gasteiger partial charge in [0.25, 0.3) is 5.91 Å². The molecule has 1 N–H and O–H groups in total. The second-order valence-electron chi connectivity index (χ2n) is 7.29. The molecule has 1 saturated carbocycles. The van der Waals surface area contributed by atoms with E-state index in [0.717, 1.165) is 0 Å². The van der Waals surface area contributed by atoms with Gasteiger partial charge in [0, 0.05) is 31.5 Å². The minimum absolute atomic E-state index is 0.00982. The SMILES string of the molecule is Cc1noc([C@]23C[C@H](NC(=O)c4cncnc4)CC2CN(S(C)(=O)=O)C3)n1. The highest BCUT2D eigenvalue weighted by Crippen LogP contribution is 2.50. The summed E-state index contributed by atoms with van der Waals surface area (Å²) in [6, 6.07) is -0.128. The molecule has 2 fully saturated rings. The Bertz CT molecular complexity index is 962. The summed E-state index contributed by atoms with van der Waals surface area (Å²) in [6.45, 7) is 2.38. The smallest absolute Gasteiger partial charge is 0.254 e. The summed E-state index contributed by atoms with van der Waals surface area (Å²) in [5, 5.41) is 6.88. The predicted octanol–water partition coefficient (Wildman–Crippen LogP) is -0.110. The van der Waals surface area contributed by atoms with Crippen LogP contribution in [0.2, 0.25) is 0 Å². The first-order valence-corrected chi connectivity index (χ1v) is 10.4. The zero-order chi connectivity index (χ0) is 19.2. The molecule has 1 aliphatic heterocycles. The van der Waals surface area contributed by atoms with Crippen LogP contribution in [0.4, 0.5) is 0 Å². The maximum Gasteiger partial charge on any atom is 0.254 e. The van der Waals surface area contributed by atoms with E-state index >= 15 is 0 Å². The number of nitrogens with one attached hydrogen (secondary N) is 1. The van der Waals surface area contributed by atoms with Crippen molar-refractivity contribution in [3.8, 4) is 0 Å². The van der Waals surface area contributed by atoms with E-state index in [9.17, 15) is 13.2 Å². The van der Waals surface area contributed by atoms with Crippen LogP contribution in [0.25, 0.3) is 0 Å². The molecule has 10 nitrogen and oxygen atoms in total. The molecule has 3 heterocycles. The van der Waals surface area contributed by atoms with Crippen LogP contribution in [0.5, 0.6) is 0 Å². The molecule has 2 aromatic rings. The summed E-state index contributed by atoms with van der Waals surface area (Å²) >= 11 is 0. The topological polar surface area (TPSA) is 131 Å². The van der Waals surface area contributed by atoms with Gasteiger partial charge in [-0.1, -0.05) is 5.16 Å². The third-order valence-corrected chi connectivity index (χ3v) is 6.64. The van der Waals surface area contributed by atoms with Crippen LogP contribution in [0, 0.1) is 12.8 Å². The van der Waals surface area contributed by atoms with Crippen molar-refractivity contribution in [1.29, 1.82) is 0 Å². The van der Waals surface area contributed by atoms with Gasteiger partial charge in [-0.15, -0.1) is 0 Å². The molecule has 3 atom stereocenters. The Labute approximate surface area is 156 Å². The normalized spacial score (nSPS) is 28.2. The maximum absolute atomic E-state index is 12.4. The summed E-state index contributed by atoms with van der Waals surface area (Å²) in [6.07, 6.45) is 6.65. The first-order valence-electron chi connectivity index (χ1n) is 8.60. The van der Waals surface area contributed by atoms with E-state index < -0.39 is 15.4 Å². The first-order chi connectivity index (χ1) is 12.8. The maximum atomic E-state index is 12.4. The van der Waals surface area contributed by atoms with Crippen molar-refractivity contribution < 1.29 is 17.7 Å². The molecule has 1 unspecified atom stereocenters. The highest BCUT2D eigenvalue weighted by Gasteiger charge is 2.58. The number of sulfonamides is 1. The van der Waals surface area contributed by atoms with Gasteiger partial charge in [-0.2, -0.15) is 4.98 Å². The second-order valence-corrected chi connectivity index (χ2v) is 9.28. The zero-order valence-electron chi connectivity index (χ0n) is 15.0. The summed E-state index contributed by atoms with van der Waals surface area (Å²) in [7, 11) is -3.33. The number of rotatable bonds is 4. The van der Waals surface area contributed by atoms with E-state index in [1.165, 1.54) is 29.3 Å². The van der Waals surface area contributed by atoms with Crippen LogP contribution < -0.4 is 5.32 Å². The van der Waals surface area contributed by atoms with Gasteiger partial charge in [-0.25, -0.2) is 22.7 Å². The number of fused-ring (bicyclic) bond motifs is 1. The Balaban J connectivity index is 1.59. The van der Waals surface area contributed by atoms with Gasteiger partial charge < -0.3 is 9.84 Å². The highest BCUT2D eigenvalue weighted by atomic mass is 32.2. The molecule has 144 valence electrons. The monoisotopic (exact) mass is 392 g/mol. The van der Waals surface area contributed by atoms with Gasteiger partial charge in [-0.3, -0.25) is 4.79 Å². The van der Waals surface area contributed by atoms with Crippen LogP contribution >= 0.6 is 0 Å². The van der Waals surface area contributed by atoms with Crippen molar-refractivity contribution in [3.63, 3.8) is 0 Å². The molecule has 27 heavy (non-hydrogen) atoms. The van der Waals surface area contributed by atoms with Crippen LogP contribution in [-0.4, -0.2) is 64.1 Å². The molecule has 0 aromatic carbocycles. The summed E-state index contributed by atoms with van der Waals surface area (Å²) < 4.78 is 31.0. The van der Waals surface area contributed by atoms with Gasteiger partial charge in [-0.05, 0) is 25.7 Å². The van der Waals surface area contributed by atoms with Gasteiger partial charge in [0.15, 0.2) is 5.82 Å². The van der Waals surface area contributed by atoms with Crippen molar-refractivity contribution in [2.45, 2.75) is 31.2 Å². The quantitative estimate of drug-likeness (QED) is 0.762. The van der Waals surface area contributed by atoms with Crippen molar-refractivity contribution in [2.75, 3.05) is 19.3 Å². The van der Waals surface area contributed by atoms with Crippen molar-refractivity contribution in [3.05, 3.63) is 36.0 Å². The lowest BCUT2D eigenvalue weighted by Gasteiger charge is -2.24. The first kappa shape index (κ1) is 18.0. The number of hydrogen-bond donors (Lipinski definition) is 1. The molecular formula is C16H20N6O4S. The van der Waals surface area contributed by atoms with Gasteiger partial charge in [0.2, 0.25) is 15.9 Å². The number of carbonyl (C=O) groups excluding carboxylic acids is 1. The Morgan fingerprint density at radius 2 is 2.11 bits per heavy atom. The van der Waals surface area contributed by atoms with E-state index in [-0.39, 0.29) is 24.4 Å². The second kappa shape index (κ2) is 6.34. The van der Waals surface area contributed by atoms with E-state index in [1.807, 2.05) is 0 Å². The molecular weight excluding hydrogens is 372 g/mol. The molecule has 1 aliphatic carbocycles. The highest BCUT2D eigenvalue weighted by molar-refractivity contribution is 7.88. The fraction of sp³-hybridized carbons (Fsp3) is 0.562. The molecule has 2 aromatic heterocycles. The third-order valence-electron chi connectivity index (χ3n) is 5.42. The molecule has 0 bridgehead atoms. The minimum Gasteiger partial charge on any atom is -0.349 e. The number of carbonyl (C=O) groups is 1. The van der Waals surface area contributed by atoms with Gasteiger partial charge in [0.1, 0.15) is 6.33 Å². The molecule has 0 radical (unpaired) electrons. The Hall–Kier alpha value is -2.40. The Morgan fingerprint density at radius 3 is 2.74 bits per heavy atom. The van der Waals surface area contributed by atoms with E-state index in [4.69, 9.17) is 4.52 Å². The predicted molar refractivity (Wildman–Crippen MR) is 93.1 cm³/mol. The van der Waals surface area contributed by atoms with Crippen molar-refractivity contribution in [1.82, 2.24) is 29.7 Å². The summed E-state index contributed by atoms with van der Waals surface area (Å²) in [5.41, 5.74) is -0.204. The van der Waals surface area contributed by atoms with Crippen LogP contribution in [-0.2, 0) is 15.4 Å². The fourth-order valence-corrected chi connectivity index (χ4v) is 5.12. The summed E-state index contributed by atoms with van der Waals surface area (Å²) in [4.78, 5) is 24.5. The van der Waals surface area contributed by atoms with Gasteiger partial charge in [0.05, 0.1) is 17.2 Å². The minimum atomic E-state index is -3.33. The summed E-state index contributed by atoms with van der Waals surface area (Å²) in [5.74, 6) is 0.683. The average molecular weight is 392 g/mol. The lowest BCUT2D eigenvalue weighted by Crippen LogP contribution is -2.39. The van der Waals surface area contributed by atoms with Crippen LogP contribution in [0.15, 0.2) is 23.2 Å². The Kier molecular flexibility index (Phi) is 4.22. The molecule has 4 rings (SSSR count). The number of amides is 1. The van der Waals surface area contributed by atoms with E-state index in [2.05, 4.69) is 25.4 Å². The average Bonchev–Trinajstić information content (AvgIpc) is 3.27. The van der Waals surface area contributed by atoms with Crippen LogP contribution in [0.1, 0.15) is 34.9 Å².